The fraction of sp³-hybridized carbons (Fsp3) is 0.800. The number of hydrogen-bond donors (Lipinski definition) is 1. The Kier molecular flexibility index (Phi) is 2.21. The van der Waals surface area contributed by atoms with Crippen LogP contribution in [0.5, 0.6) is 0 Å². The second kappa shape index (κ2) is 3.26. The summed E-state index contributed by atoms with van der Waals surface area (Å²) in [7, 11) is 0. The van der Waals surface area contributed by atoms with Gasteiger partial charge in [0.2, 0.25) is 5.91 Å². The Bertz CT molecular complexity index is 273. The van der Waals surface area contributed by atoms with Gasteiger partial charge in [0.1, 0.15) is 0 Å². The van der Waals surface area contributed by atoms with Crippen LogP contribution in [0.4, 0.5) is 0 Å². The van der Waals surface area contributed by atoms with Crippen molar-refractivity contribution in [2.45, 2.75) is 44.7 Å². The topological polar surface area (TPSA) is 57.6 Å². The van der Waals surface area contributed by atoms with Crippen molar-refractivity contribution in [2.75, 3.05) is 0 Å². The summed E-state index contributed by atoms with van der Waals surface area (Å²) in [5.41, 5.74) is 0. The smallest absolute Gasteiger partial charge is 0.308 e. The highest BCUT2D eigenvalue weighted by molar-refractivity contribution is 5.81. The molecule has 0 aromatic carbocycles. The Morgan fingerprint density at radius 3 is 2.57 bits per heavy atom. The van der Waals surface area contributed by atoms with Crippen molar-refractivity contribution >= 4 is 11.9 Å². The SMILES string of the molecule is C[C@@H]1[C@@H](C(=O)O)CCC(=O)N1C1CC1. The number of carbonyl (C=O) groups is 2. The van der Waals surface area contributed by atoms with E-state index >= 15 is 0 Å². The average Bonchev–Trinajstić information content (AvgIpc) is 2.87. The number of carboxylic acid groups (broad SMARTS) is 1. The highest BCUT2D eigenvalue weighted by atomic mass is 16.4. The highest BCUT2D eigenvalue weighted by Gasteiger charge is 2.43. The maximum atomic E-state index is 11.6. The molecule has 2 fully saturated rings. The Morgan fingerprint density at radius 2 is 2.07 bits per heavy atom. The molecule has 4 heteroatoms. The minimum atomic E-state index is -0.768. The molecule has 1 amide bonds. The lowest BCUT2D eigenvalue weighted by atomic mass is 9.90. The van der Waals surface area contributed by atoms with Gasteiger partial charge in [-0.25, -0.2) is 0 Å². The van der Waals surface area contributed by atoms with E-state index in [9.17, 15) is 9.59 Å². The molecule has 0 radical (unpaired) electrons. The van der Waals surface area contributed by atoms with Crippen LogP contribution in [0, 0.1) is 5.92 Å². The second-order valence-corrected chi connectivity index (χ2v) is 4.26. The molecule has 1 aliphatic heterocycles. The van der Waals surface area contributed by atoms with Crippen molar-refractivity contribution in [3.8, 4) is 0 Å². The monoisotopic (exact) mass is 197 g/mol. The molecule has 0 aromatic heterocycles. The molecule has 78 valence electrons. The van der Waals surface area contributed by atoms with Gasteiger partial charge in [0.25, 0.3) is 0 Å². The fourth-order valence-corrected chi connectivity index (χ4v) is 2.29. The van der Waals surface area contributed by atoms with Gasteiger partial charge in [-0.05, 0) is 26.2 Å². The normalized spacial score (nSPS) is 33.2. The quantitative estimate of drug-likeness (QED) is 0.714. The van der Waals surface area contributed by atoms with E-state index in [1.54, 1.807) is 4.90 Å². The van der Waals surface area contributed by atoms with Crippen LogP contribution in [-0.2, 0) is 9.59 Å². The van der Waals surface area contributed by atoms with E-state index in [2.05, 4.69) is 0 Å². The summed E-state index contributed by atoms with van der Waals surface area (Å²) in [6, 6.07) is 0.209. The summed E-state index contributed by atoms with van der Waals surface area (Å²) in [5, 5.41) is 8.98. The molecule has 0 aromatic rings. The van der Waals surface area contributed by atoms with Crippen molar-refractivity contribution < 1.29 is 14.7 Å². The Labute approximate surface area is 82.9 Å². The van der Waals surface area contributed by atoms with Crippen LogP contribution in [-0.4, -0.2) is 34.0 Å². The van der Waals surface area contributed by atoms with Crippen LogP contribution in [0.2, 0.25) is 0 Å². The highest BCUT2D eigenvalue weighted by Crippen LogP contribution is 2.35. The number of nitrogens with zero attached hydrogens (tertiary/aromatic N) is 1. The first-order chi connectivity index (χ1) is 6.61. The van der Waals surface area contributed by atoms with Crippen LogP contribution in [0.25, 0.3) is 0 Å². The molecule has 0 unspecified atom stereocenters. The number of rotatable bonds is 2. The lowest BCUT2D eigenvalue weighted by Crippen LogP contribution is -2.50. The summed E-state index contributed by atoms with van der Waals surface area (Å²) in [4.78, 5) is 24.3. The molecule has 1 saturated heterocycles. The molecule has 2 aliphatic rings. The summed E-state index contributed by atoms with van der Waals surface area (Å²) >= 11 is 0. The molecular weight excluding hydrogens is 182 g/mol. The molecule has 14 heavy (non-hydrogen) atoms. The molecular formula is C10H15NO3. The van der Waals surface area contributed by atoms with E-state index in [1.807, 2.05) is 6.92 Å². The van der Waals surface area contributed by atoms with Gasteiger partial charge in [-0.3, -0.25) is 9.59 Å². The number of aliphatic carboxylic acids is 1. The van der Waals surface area contributed by atoms with Gasteiger partial charge >= 0.3 is 5.97 Å². The second-order valence-electron chi connectivity index (χ2n) is 4.26. The van der Waals surface area contributed by atoms with Gasteiger partial charge in [0, 0.05) is 18.5 Å². The number of amides is 1. The van der Waals surface area contributed by atoms with Crippen molar-refractivity contribution in [1.82, 2.24) is 4.90 Å². The fourth-order valence-electron chi connectivity index (χ4n) is 2.29. The van der Waals surface area contributed by atoms with Gasteiger partial charge in [-0.2, -0.15) is 0 Å². The van der Waals surface area contributed by atoms with Crippen LogP contribution < -0.4 is 0 Å². The molecule has 4 nitrogen and oxygen atoms in total. The lowest BCUT2D eigenvalue weighted by molar-refractivity contribution is -0.151. The standard InChI is InChI=1S/C10H15NO3/c1-6-8(10(13)14)4-5-9(12)11(6)7-2-3-7/h6-8H,2-5H2,1H3,(H,13,14)/t6-,8+/m1/s1. The van der Waals surface area contributed by atoms with Gasteiger partial charge in [-0.1, -0.05) is 0 Å². The van der Waals surface area contributed by atoms with E-state index in [-0.39, 0.29) is 17.9 Å². The third-order valence-electron chi connectivity index (χ3n) is 3.24. The van der Waals surface area contributed by atoms with E-state index < -0.39 is 5.97 Å². The van der Waals surface area contributed by atoms with E-state index in [0.29, 0.717) is 18.9 Å². The minimum Gasteiger partial charge on any atom is -0.481 e. The third-order valence-corrected chi connectivity index (χ3v) is 3.24. The third kappa shape index (κ3) is 1.49. The zero-order valence-corrected chi connectivity index (χ0v) is 8.27. The minimum absolute atomic E-state index is 0.124. The molecule has 0 bridgehead atoms. The largest absolute Gasteiger partial charge is 0.481 e. The number of carboxylic acids is 1. The Hall–Kier alpha value is -1.06. The number of likely N-dealkylation sites (tertiary alicyclic amines) is 1. The van der Waals surface area contributed by atoms with Crippen LogP contribution in [0.3, 0.4) is 0 Å². The molecule has 2 atom stereocenters. The van der Waals surface area contributed by atoms with Crippen LogP contribution in [0.15, 0.2) is 0 Å². The van der Waals surface area contributed by atoms with E-state index in [1.165, 1.54) is 0 Å². The molecule has 0 spiro atoms. The van der Waals surface area contributed by atoms with Crippen molar-refractivity contribution in [1.29, 1.82) is 0 Å². The lowest BCUT2D eigenvalue weighted by Gasteiger charge is -2.37. The molecule has 1 aliphatic carbocycles. The maximum absolute atomic E-state index is 11.6. The first-order valence-electron chi connectivity index (χ1n) is 5.15. The Morgan fingerprint density at radius 1 is 1.43 bits per heavy atom. The molecule has 1 heterocycles. The average molecular weight is 197 g/mol. The number of carbonyl (C=O) groups excluding carboxylic acids is 1. The molecule has 1 saturated carbocycles. The molecule has 2 rings (SSSR count). The zero-order valence-electron chi connectivity index (χ0n) is 8.27. The van der Waals surface area contributed by atoms with Gasteiger partial charge < -0.3 is 10.0 Å². The summed E-state index contributed by atoms with van der Waals surface area (Å²) in [6.07, 6.45) is 2.99. The first kappa shape index (κ1) is 9.49. The van der Waals surface area contributed by atoms with E-state index in [4.69, 9.17) is 5.11 Å². The van der Waals surface area contributed by atoms with Crippen LogP contribution in [0.1, 0.15) is 32.6 Å². The Balaban J connectivity index is 2.12. The first-order valence-corrected chi connectivity index (χ1v) is 5.15. The summed E-state index contributed by atoms with van der Waals surface area (Å²) < 4.78 is 0. The predicted molar refractivity (Wildman–Crippen MR) is 49.7 cm³/mol. The molecule has 1 N–H and O–H groups in total. The van der Waals surface area contributed by atoms with E-state index in [0.717, 1.165) is 12.8 Å². The summed E-state index contributed by atoms with van der Waals surface area (Å²) in [6.45, 7) is 1.86. The van der Waals surface area contributed by atoms with Gasteiger partial charge in [-0.15, -0.1) is 0 Å². The zero-order chi connectivity index (χ0) is 10.3. The number of piperidine rings is 1. The predicted octanol–water partition coefficient (Wildman–Crippen LogP) is 0.861. The summed E-state index contributed by atoms with van der Waals surface area (Å²) in [5.74, 6) is -0.999. The van der Waals surface area contributed by atoms with Gasteiger partial charge in [0.05, 0.1) is 5.92 Å². The van der Waals surface area contributed by atoms with Crippen LogP contribution >= 0.6 is 0 Å². The van der Waals surface area contributed by atoms with Crippen molar-refractivity contribution in [3.63, 3.8) is 0 Å². The number of hydrogen-bond acceptors (Lipinski definition) is 2. The van der Waals surface area contributed by atoms with Crippen molar-refractivity contribution in [3.05, 3.63) is 0 Å². The van der Waals surface area contributed by atoms with Gasteiger partial charge in [0.15, 0.2) is 0 Å². The van der Waals surface area contributed by atoms with Crippen molar-refractivity contribution in [2.24, 2.45) is 5.92 Å². The maximum Gasteiger partial charge on any atom is 0.308 e.